The summed E-state index contributed by atoms with van der Waals surface area (Å²) >= 11 is 0. The molecule has 1 aliphatic carbocycles. The molecule has 28 heavy (non-hydrogen) atoms. The lowest BCUT2D eigenvalue weighted by molar-refractivity contribution is 0.253. The molecule has 3 nitrogen and oxygen atoms in total. The van der Waals surface area contributed by atoms with Crippen LogP contribution >= 0.6 is 0 Å². The van der Waals surface area contributed by atoms with E-state index in [2.05, 4.69) is 84.4 Å². The molecule has 0 amide bonds. The SMILES string of the molecule is C=CC1=CN2C(=NC(c3ccc(C4(N)CCC4)cc3)C2c2ccccc2)C=C1. The van der Waals surface area contributed by atoms with Gasteiger partial charge in [0.1, 0.15) is 11.9 Å². The van der Waals surface area contributed by atoms with Crippen LogP contribution in [0.1, 0.15) is 48.0 Å². The van der Waals surface area contributed by atoms with Gasteiger partial charge >= 0.3 is 0 Å². The van der Waals surface area contributed by atoms with Crippen LogP contribution in [0.3, 0.4) is 0 Å². The molecule has 1 saturated carbocycles. The fourth-order valence-corrected chi connectivity index (χ4v) is 4.45. The first-order chi connectivity index (χ1) is 13.7. The molecule has 2 N–H and O–H groups in total. The molecule has 2 aromatic rings. The Hall–Kier alpha value is -2.91. The topological polar surface area (TPSA) is 41.6 Å². The normalized spacial score (nSPS) is 24.8. The van der Waals surface area contributed by atoms with E-state index in [0.717, 1.165) is 24.3 Å². The molecule has 2 unspecified atom stereocenters. The zero-order valence-corrected chi connectivity index (χ0v) is 16.0. The number of hydrogen-bond donors (Lipinski definition) is 1. The quantitative estimate of drug-likeness (QED) is 0.811. The van der Waals surface area contributed by atoms with Gasteiger partial charge < -0.3 is 10.6 Å². The minimum atomic E-state index is -0.124. The van der Waals surface area contributed by atoms with Crippen molar-refractivity contribution in [1.82, 2.24) is 4.90 Å². The molecule has 0 spiro atoms. The van der Waals surface area contributed by atoms with Crippen molar-refractivity contribution in [2.45, 2.75) is 36.9 Å². The molecule has 0 aromatic heterocycles. The average Bonchev–Trinajstić information content (AvgIpc) is 3.11. The van der Waals surface area contributed by atoms with E-state index < -0.39 is 0 Å². The summed E-state index contributed by atoms with van der Waals surface area (Å²) in [6.45, 7) is 3.92. The Balaban J connectivity index is 1.54. The van der Waals surface area contributed by atoms with E-state index in [9.17, 15) is 0 Å². The third-order valence-electron chi connectivity index (χ3n) is 6.30. The number of amidine groups is 1. The largest absolute Gasteiger partial charge is 0.323 e. The van der Waals surface area contributed by atoms with Crippen molar-refractivity contribution in [3.63, 3.8) is 0 Å². The molecule has 2 aliphatic heterocycles. The van der Waals surface area contributed by atoms with Gasteiger partial charge in [-0.05, 0) is 53.7 Å². The van der Waals surface area contributed by atoms with Crippen LogP contribution in [0.2, 0.25) is 0 Å². The minimum absolute atomic E-state index is 0.0478. The second-order valence-corrected chi connectivity index (χ2v) is 7.99. The summed E-state index contributed by atoms with van der Waals surface area (Å²) in [5.41, 5.74) is 11.2. The summed E-state index contributed by atoms with van der Waals surface area (Å²) in [5, 5.41) is 0. The maximum absolute atomic E-state index is 6.51. The molecular formula is C25H25N3. The van der Waals surface area contributed by atoms with Gasteiger partial charge in [-0.1, -0.05) is 67.3 Å². The van der Waals surface area contributed by atoms with E-state index in [1.54, 1.807) is 0 Å². The lowest BCUT2D eigenvalue weighted by atomic mass is 9.72. The third-order valence-corrected chi connectivity index (χ3v) is 6.30. The summed E-state index contributed by atoms with van der Waals surface area (Å²) < 4.78 is 0. The van der Waals surface area contributed by atoms with Crippen LogP contribution < -0.4 is 5.73 Å². The third kappa shape index (κ3) is 2.74. The first-order valence-electron chi connectivity index (χ1n) is 10.0. The van der Waals surface area contributed by atoms with Gasteiger partial charge in [0.05, 0.1) is 6.04 Å². The number of benzene rings is 2. The zero-order valence-electron chi connectivity index (χ0n) is 16.0. The predicted octanol–water partition coefficient (Wildman–Crippen LogP) is 5.16. The summed E-state index contributed by atoms with van der Waals surface area (Å²) in [4.78, 5) is 7.36. The molecule has 1 fully saturated rings. The number of nitrogens with zero attached hydrogens (tertiary/aromatic N) is 2. The fraction of sp³-hybridized carbons (Fsp3) is 0.240. The van der Waals surface area contributed by atoms with Crippen LogP contribution in [-0.2, 0) is 5.54 Å². The average molecular weight is 367 g/mol. The Bertz CT molecular complexity index is 978. The van der Waals surface area contributed by atoms with Crippen molar-refractivity contribution in [2.24, 2.45) is 10.7 Å². The van der Waals surface area contributed by atoms with Crippen molar-refractivity contribution in [3.05, 3.63) is 108 Å². The van der Waals surface area contributed by atoms with Crippen LogP contribution in [0.5, 0.6) is 0 Å². The molecule has 140 valence electrons. The van der Waals surface area contributed by atoms with Gasteiger partial charge in [-0.25, -0.2) is 0 Å². The molecule has 0 radical (unpaired) electrons. The van der Waals surface area contributed by atoms with Crippen molar-refractivity contribution in [1.29, 1.82) is 0 Å². The first-order valence-corrected chi connectivity index (χ1v) is 10.0. The van der Waals surface area contributed by atoms with E-state index in [1.165, 1.54) is 23.1 Å². The zero-order chi connectivity index (χ0) is 19.1. The van der Waals surface area contributed by atoms with Crippen LogP contribution in [0, 0.1) is 0 Å². The van der Waals surface area contributed by atoms with Crippen molar-refractivity contribution < 1.29 is 0 Å². The predicted molar refractivity (Wildman–Crippen MR) is 115 cm³/mol. The number of hydrogen-bond acceptors (Lipinski definition) is 3. The lowest BCUT2D eigenvalue weighted by Gasteiger charge is -2.38. The highest BCUT2D eigenvalue weighted by Gasteiger charge is 2.38. The maximum Gasteiger partial charge on any atom is 0.128 e. The van der Waals surface area contributed by atoms with Gasteiger partial charge in [0.25, 0.3) is 0 Å². The second kappa shape index (κ2) is 6.61. The van der Waals surface area contributed by atoms with Gasteiger partial charge in [-0.3, -0.25) is 4.99 Å². The summed E-state index contributed by atoms with van der Waals surface area (Å²) in [7, 11) is 0. The van der Waals surface area contributed by atoms with Gasteiger partial charge in [0.15, 0.2) is 0 Å². The maximum atomic E-state index is 6.51. The molecule has 3 aliphatic rings. The number of rotatable bonds is 4. The van der Waals surface area contributed by atoms with E-state index in [1.807, 2.05) is 6.08 Å². The second-order valence-electron chi connectivity index (χ2n) is 7.99. The molecule has 3 heteroatoms. The first kappa shape index (κ1) is 17.2. The molecule has 2 heterocycles. The number of nitrogens with two attached hydrogens (primary N) is 1. The fourth-order valence-electron chi connectivity index (χ4n) is 4.45. The molecule has 2 atom stereocenters. The summed E-state index contributed by atoms with van der Waals surface area (Å²) in [6, 6.07) is 19.7. The Labute approximate surface area is 166 Å². The van der Waals surface area contributed by atoms with Crippen LogP contribution in [0.15, 0.2) is 96.2 Å². The Kier molecular flexibility index (Phi) is 4.06. The number of allylic oxidation sites excluding steroid dienone is 3. The van der Waals surface area contributed by atoms with Crippen molar-refractivity contribution in [3.8, 4) is 0 Å². The van der Waals surface area contributed by atoms with Crippen LogP contribution in [0.4, 0.5) is 0 Å². The summed E-state index contributed by atoms with van der Waals surface area (Å²) in [6.07, 6.45) is 11.6. The molecular weight excluding hydrogens is 342 g/mol. The van der Waals surface area contributed by atoms with Crippen LogP contribution in [0.25, 0.3) is 0 Å². The highest BCUT2D eigenvalue weighted by molar-refractivity contribution is 5.97. The summed E-state index contributed by atoms with van der Waals surface area (Å²) in [5.74, 6) is 1.00. The van der Waals surface area contributed by atoms with Crippen molar-refractivity contribution in [2.75, 3.05) is 0 Å². The lowest BCUT2D eigenvalue weighted by Crippen LogP contribution is -2.43. The van der Waals surface area contributed by atoms with E-state index in [0.29, 0.717) is 0 Å². The Morgan fingerprint density at radius 1 is 1.00 bits per heavy atom. The Morgan fingerprint density at radius 2 is 1.75 bits per heavy atom. The van der Waals surface area contributed by atoms with Gasteiger partial charge in [-0.2, -0.15) is 0 Å². The van der Waals surface area contributed by atoms with Gasteiger partial charge in [0.2, 0.25) is 0 Å². The molecule has 5 rings (SSSR count). The van der Waals surface area contributed by atoms with E-state index in [-0.39, 0.29) is 17.6 Å². The number of fused-ring (bicyclic) bond motifs is 1. The van der Waals surface area contributed by atoms with E-state index in [4.69, 9.17) is 10.7 Å². The van der Waals surface area contributed by atoms with Crippen LogP contribution in [-0.4, -0.2) is 10.7 Å². The Morgan fingerprint density at radius 3 is 2.39 bits per heavy atom. The molecule has 0 saturated heterocycles. The van der Waals surface area contributed by atoms with Gasteiger partial charge in [0, 0.05) is 11.7 Å². The molecule has 0 bridgehead atoms. The highest BCUT2D eigenvalue weighted by Crippen LogP contribution is 2.45. The standard InChI is InChI=1S/C25H25N3/c1-2-18-9-14-22-27-23(24(28(22)17-18)20-7-4-3-5-8-20)19-10-12-21(13-11-19)25(26)15-6-16-25/h2-5,7-14,17,23-24H,1,6,15-16,26H2. The minimum Gasteiger partial charge on any atom is -0.323 e. The molecule has 2 aromatic carbocycles. The smallest absolute Gasteiger partial charge is 0.128 e. The van der Waals surface area contributed by atoms with Gasteiger partial charge in [-0.15, -0.1) is 0 Å². The number of aliphatic imine (C=N–C) groups is 1. The van der Waals surface area contributed by atoms with E-state index >= 15 is 0 Å². The highest BCUT2D eigenvalue weighted by atomic mass is 15.3. The van der Waals surface area contributed by atoms with Crippen molar-refractivity contribution >= 4 is 5.84 Å². The monoisotopic (exact) mass is 367 g/mol.